The molecule has 1 heterocycles. The molecule has 0 saturated carbocycles. The van der Waals surface area contributed by atoms with Crippen LogP contribution in [0.1, 0.15) is 26.3 Å². The van der Waals surface area contributed by atoms with Crippen molar-refractivity contribution in [1.29, 1.82) is 0 Å². The Morgan fingerprint density at radius 1 is 0.339 bits per heavy atom. The molecule has 0 unspecified atom stereocenters. The molecule has 0 aliphatic rings. The van der Waals surface area contributed by atoms with Crippen molar-refractivity contribution in [3.63, 3.8) is 0 Å². The molecule has 0 aliphatic heterocycles. The monoisotopic (exact) mass is 716 g/mol. The Morgan fingerprint density at radius 3 is 1.41 bits per heavy atom. The van der Waals surface area contributed by atoms with Gasteiger partial charge >= 0.3 is 0 Å². The van der Waals surface area contributed by atoms with Gasteiger partial charge in [0.1, 0.15) is 0 Å². The number of rotatable bonds is 5. The molecule has 0 aliphatic carbocycles. The molecule has 0 atom stereocenters. The van der Waals surface area contributed by atoms with Crippen molar-refractivity contribution in [2.24, 2.45) is 0 Å². The third kappa shape index (κ3) is 5.82. The Balaban J connectivity index is 1.35. The molecule has 1 aromatic heterocycles. The summed E-state index contributed by atoms with van der Waals surface area (Å²) in [6.45, 7) is 6.92. The van der Waals surface area contributed by atoms with Crippen molar-refractivity contribution in [2.75, 3.05) is 0 Å². The minimum absolute atomic E-state index is 0.0252. The predicted octanol–water partition coefficient (Wildman–Crippen LogP) is 14.7. The first-order chi connectivity index (χ1) is 27.4. The molecule has 2 nitrogen and oxygen atoms in total. The summed E-state index contributed by atoms with van der Waals surface area (Å²) in [5.74, 6) is 0.709. The topological polar surface area (TPSA) is 25.8 Å². The normalized spacial score (nSPS) is 11.8. The Morgan fingerprint density at radius 2 is 0.821 bits per heavy atom. The molecule has 0 N–H and O–H groups in total. The van der Waals surface area contributed by atoms with Gasteiger partial charge in [0.05, 0.1) is 11.4 Å². The van der Waals surface area contributed by atoms with Gasteiger partial charge in [0, 0.05) is 16.7 Å². The van der Waals surface area contributed by atoms with Crippen molar-refractivity contribution < 1.29 is 0 Å². The molecular formula is C54H40N2. The second-order valence-corrected chi connectivity index (χ2v) is 15.8. The first-order valence-electron chi connectivity index (χ1n) is 19.4. The number of benzene rings is 9. The highest BCUT2D eigenvalue weighted by Gasteiger charge is 2.23. The van der Waals surface area contributed by atoms with Crippen LogP contribution < -0.4 is 0 Å². The van der Waals surface area contributed by atoms with Gasteiger partial charge in [-0.3, -0.25) is 0 Å². The van der Waals surface area contributed by atoms with E-state index in [2.05, 4.69) is 185 Å². The van der Waals surface area contributed by atoms with Crippen LogP contribution in [0, 0.1) is 0 Å². The smallest absolute Gasteiger partial charge is 0.160 e. The number of hydrogen-bond acceptors (Lipinski definition) is 2. The van der Waals surface area contributed by atoms with E-state index in [-0.39, 0.29) is 5.41 Å². The van der Waals surface area contributed by atoms with E-state index in [1.807, 2.05) is 24.3 Å². The van der Waals surface area contributed by atoms with Crippen LogP contribution in [0.15, 0.2) is 188 Å². The van der Waals surface area contributed by atoms with Gasteiger partial charge in [0.25, 0.3) is 0 Å². The van der Waals surface area contributed by atoms with Crippen LogP contribution in [0.5, 0.6) is 0 Å². The number of aromatic nitrogens is 2. The molecule has 0 radical (unpaired) electrons. The highest BCUT2D eigenvalue weighted by Crippen LogP contribution is 2.48. The lowest BCUT2D eigenvalue weighted by Gasteiger charge is -2.24. The molecule has 10 aromatic rings. The van der Waals surface area contributed by atoms with E-state index < -0.39 is 0 Å². The second-order valence-electron chi connectivity index (χ2n) is 15.8. The fourth-order valence-electron chi connectivity index (χ4n) is 8.39. The SMILES string of the molecule is CC(C)(C)c1ccc2c(-c3cccc4ccccc34)c3cc(-c4cc(-c5ccccc5)nc(-c5ccccc5)n4)ccc3c(-c3cccc4ccccc34)c2c1. The van der Waals surface area contributed by atoms with Gasteiger partial charge in [-0.1, -0.05) is 191 Å². The van der Waals surface area contributed by atoms with Crippen molar-refractivity contribution in [3.8, 4) is 56.2 Å². The maximum Gasteiger partial charge on any atom is 0.160 e. The first-order valence-corrected chi connectivity index (χ1v) is 19.4. The molecule has 0 fully saturated rings. The molecule has 0 bridgehead atoms. The second kappa shape index (κ2) is 13.4. The minimum Gasteiger partial charge on any atom is -0.228 e. The standard InChI is InChI=1S/C54H40N2/c1-54(2,3)40-29-31-46-48(33-40)52(44-27-15-23-36-17-11-13-25-42(36)44)45-30-28-39(32-47(45)51(46)43-26-14-22-35-16-10-12-24-41(35)43)50-34-49(37-18-6-4-7-19-37)55-53(56-50)38-20-8-5-9-21-38/h4-34H,1-3H3. The molecule has 56 heavy (non-hydrogen) atoms. The summed E-state index contributed by atoms with van der Waals surface area (Å²) in [7, 11) is 0. The van der Waals surface area contributed by atoms with E-state index in [0.717, 1.165) is 28.1 Å². The quantitative estimate of drug-likeness (QED) is 0.166. The van der Waals surface area contributed by atoms with Crippen LogP contribution in [0.2, 0.25) is 0 Å². The van der Waals surface area contributed by atoms with Gasteiger partial charge in [-0.15, -0.1) is 0 Å². The highest BCUT2D eigenvalue weighted by atomic mass is 14.9. The Kier molecular flexibility index (Phi) is 8.08. The lowest BCUT2D eigenvalue weighted by molar-refractivity contribution is 0.591. The largest absolute Gasteiger partial charge is 0.228 e. The summed E-state index contributed by atoms with van der Waals surface area (Å²) in [5.41, 5.74) is 11.1. The average molecular weight is 717 g/mol. The van der Waals surface area contributed by atoms with Gasteiger partial charge in [0.2, 0.25) is 0 Å². The summed E-state index contributed by atoms with van der Waals surface area (Å²) < 4.78 is 0. The fourth-order valence-corrected chi connectivity index (χ4v) is 8.39. The molecule has 0 saturated heterocycles. The van der Waals surface area contributed by atoms with Crippen LogP contribution in [0.3, 0.4) is 0 Å². The summed E-state index contributed by atoms with van der Waals surface area (Å²) in [5, 5.41) is 9.85. The highest BCUT2D eigenvalue weighted by molar-refractivity contribution is 6.25. The van der Waals surface area contributed by atoms with E-state index in [4.69, 9.17) is 9.97 Å². The fraction of sp³-hybridized carbons (Fsp3) is 0.0741. The molecule has 0 amide bonds. The zero-order chi connectivity index (χ0) is 37.8. The molecule has 9 aromatic carbocycles. The van der Waals surface area contributed by atoms with E-state index in [9.17, 15) is 0 Å². The van der Waals surface area contributed by atoms with Crippen LogP contribution in [-0.2, 0) is 5.41 Å². The van der Waals surface area contributed by atoms with Crippen molar-refractivity contribution in [3.05, 3.63) is 194 Å². The Hall–Kier alpha value is -6.90. The van der Waals surface area contributed by atoms with Crippen LogP contribution in [0.25, 0.3) is 99.2 Å². The predicted molar refractivity (Wildman–Crippen MR) is 238 cm³/mol. The van der Waals surface area contributed by atoms with Gasteiger partial charge in [-0.2, -0.15) is 0 Å². The maximum atomic E-state index is 5.27. The average Bonchev–Trinajstić information content (AvgIpc) is 3.25. The van der Waals surface area contributed by atoms with Gasteiger partial charge in [-0.25, -0.2) is 9.97 Å². The molecule has 0 spiro atoms. The van der Waals surface area contributed by atoms with Gasteiger partial charge in [-0.05, 0) is 94.5 Å². The van der Waals surface area contributed by atoms with Gasteiger partial charge < -0.3 is 0 Å². The Labute approximate surface area is 327 Å². The zero-order valence-electron chi connectivity index (χ0n) is 31.8. The number of nitrogens with zero attached hydrogens (tertiary/aromatic N) is 2. The van der Waals surface area contributed by atoms with Crippen molar-refractivity contribution in [1.82, 2.24) is 9.97 Å². The summed E-state index contributed by atoms with van der Waals surface area (Å²) >= 11 is 0. The molecular weight excluding hydrogens is 677 g/mol. The molecule has 10 rings (SSSR count). The van der Waals surface area contributed by atoms with Gasteiger partial charge in [0.15, 0.2) is 5.82 Å². The zero-order valence-corrected chi connectivity index (χ0v) is 31.8. The first kappa shape index (κ1) is 33.7. The summed E-state index contributed by atoms with van der Waals surface area (Å²) in [6, 6.07) is 68.0. The molecule has 266 valence electrons. The third-order valence-corrected chi connectivity index (χ3v) is 11.2. The van der Waals surface area contributed by atoms with E-state index in [0.29, 0.717) is 5.82 Å². The minimum atomic E-state index is -0.0252. The van der Waals surface area contributed by atoms with Crippen LogP contribution in [0.4, 0.5) is 0 Å². The van der Waals surface area contributed by atoms with E-state index >= 15 is 0 Å². The summed E-state index contributed by atoms with van der Waals surface area (Å²) in [4.78, 5) is 10.4. The van der Waals surface area contributed by atoms with Crippen LogP contribution in [-0.4, -0.2) is 9.97 Å². The number of fused-ring (bicyclic) bond motifs is 4. The van der Waals surface area contributed by atoms with Crippen molar-refractivity contribution >= 4 is 43.1 Å². The molecule has 2 heteroatoms. The lowest BCUT2D eigenvalue weighted by atomic mass is 9.80. The number of hydrogen-bond donors (Lipinski definition) is 0. The van der Waals surface area contributed by atoms with E-state index in [1.54, 1.807) is 0 Å². The third-order valence-electron chi connectivity index (χ3n) is 11.2. The lowest BCUT2D eigenvalue weighted by Crippen LogP contribution is -2.10. The van der Waals surface area contributed by atoms with Crippen molar-refractivity contribution in [2.45, 2.75) is 26.2 Å². The van der Waals surface area contributed by atoms with Crippen LogP contribution >= 0.6 is 0 Å². The maximum absolute atomic E-state index is 5.27. The Bertz CT molecular complexity index is 3030. The summed E-state index contributed by atoms with van der Waals surface area (Å²) in [6.07, 6.45) is 0. The van der Waals surface area contributed by atoms with E-state index in [1.165, 1.54) is 70.9 Å².